The summed E-state index contributed by atoms with van der Waals surface area (Å²) in [5.74, 6) is -0.613. The molecule has 0 amide bonds. The Balaban J connectivity index is 1.91. The summed E-state index contributed by atoms with van der Waals surface area (Å²) in [5, 5.41) is 3.99. The molecule has 2 aromatic carbocycles. The van der Waals surface area contributed by atoms with Gasteiger partial charge >= 0.3 is 0 Å². The Kier molecular flexibility index (Phi) is 3.66. The minimum Gasteiger partial charge on any atom is -0.339 e. The van der Waals surface area contributed by atoms with Gasteiger partial charge in [-0.1, -0.05) is 35.0 Å². The average molecular weight is 307 g/mol. The van der Waals surface area contributed by atoms with Gasteiger partial charge < -0.3 is 4.52 Å². The second-order valence-corrected chi connectivity index (χ2v) is 4.78. The summed E-state index contributed by atoms with van der Waals surface area (Å²) >= 11 is 5.94. The van der Waals surface area contributed by atoms with Crippen molar-refractivity contribution in [1.29, 1.82) is 0 Å². The Morgan fingerprint density at radius 2 is 1.76 bits per heavy atom. The van der Waals surface area contributed by atoms with Crippen LogP contribution in [0.4, 0.5) is 8.78 Å². The highest BCUT2D eigenvalue weighted by molar-refractivity contribution is 6.31. The van der Waals surface area contributed by atoms with Gasteiger partial charge in [0.25, 0.3) is 0 Å². The Labute approximate surface area is 124 Å². The fraction of sp³-hybridized carbons (Fsp3) is 0.0667. The lowest BCUT2D eigenvalue weighted by Gasteiger charge is -2.01. The van der Waals surface area contributed by atoms with E-state index in [1.54, 1.807) is 24.3 Å². The van der Waals surface area contributed by atoms with E-state index in [4.69, 9.17) is 16.1 Å². The molecule has 0 spiro atoms. The van der Waals surface area contributed by atoms with E-state index in [0.717, 1.165) is 0 Å². The van der Waals surface area contributed by atoms with E-state index in [0.29, 0.717) is 0 Å². The van der Waals surface area contributed by atoms with Gasteiger partial charge in [-0.05, 0) is 24.3 Å². The number of benzene rings is 2. The first kappa shape index (κ1) is 13.7. The van der Waals surface area contributed by atoms with E-state index < -0.39 is 11.6 Å². The molecule has 0 fully saturated rings. The quantitative estimate of drug-likeness (QED) is 0.726. The van der Waals surface area contributed by atoms with E-state index in [2.05, 4.69) is 10.1 Å². The fourth-order valence-electron chi connectivity index (χ4n) is 1.93. The normalized spacial score (nSPS) is 10.8. The lowest BCUT2D eigenvalue weighted by Crippen LogP contribution is -1.94. The third-order valence-electron chi connectivity index (χ3n) is 2.97. The summed E-state index contributed by atoms with van der Waals surface area (Å²) < 4.78 is 32.4. The maximum Gasteiger partial charge on any atom is 0.231 e. The topological polar surface area (TPSA) is 38.9 Å². The molecular weight excluding hydrogens is 298 g/mol. The number of hydrogen-bond donors (Lipinski definition) is 0. The first-order chi connectivity index (χ1) is 10.1. The number of nitrogens with zero attached hydrogens (tertiary/aromatic N) is 2. The minimum absolute atomic E-state index is 0.0486. The SMILES string of the molecule is Fc1ccccc1-c1noc(Cc2c(F)cccc2Cl)n1. The highest BCUT2D eigenvalue weighted by atomic mass is 35.5. The summed E-state index contributed by atoms with van der Waals surface area (Å²) in [4.78, 5) is 4.08. The van der Waals surface area contributed by atoms with Crippen LogP contribution in [0.5, 0.6) is 0 Å². The van der Waals surface area contributed by atoms with Gasteiger partial charge in [0.15, 0.2) is 0 Å². The monoisotopic (exact) mass is 306 g/mol. The number of rotatable bonds is 3. The fourth-order valence-corrected chi connectivity index (χ4v) is 2.16. The zero-order valence-electron chi connectivity index (χ0n) is 10.7. The van der Waals surface area contributed by atoms with E-state index >= 15 is 0 Å². The number of aromatic nitrogens is 2. The van der Waals surface area contributed by atoms with Crippen molar-refractivity contribution in [2.75, 3.05) is 0 Å². The van der Waals surface area contributed by atoms with Crippen LogP contribution in [0.2, 0.25) is 5.02 Å². The highest BCUT2D eigenvalue weighted by Gasteiger charge is 2.15. The molecule has 0 atom stereocenters. The van der Waals surface area contributed by atoms with Crippen LogP contribution in [0.15, 0.2) is 47.0 Å². The van der Waals surface area contributed by atoms with Gasteiger partial charge in [0, 0.05) is 10.6 Å². The van der Waals surface area contributed by atoms with Gasteiger partial charge in [0.1, 0.15) is 11.6 Å². The van der Waals surface area contributed by atoms with Crippen LogP contribution in [-0.2, 0) is 6.42 Å². The summed E-state index contributed by atoms with van der Waals surface area (Å²) in [6, 6.07) is 10.5. The molecule has 0 N–H and O–H groups in total. The van der Waals surface area contributed by atoms with Crippen molar-refractivity contribution in [3.8, 4) is 11.4 Å². The molecule has 0 saturated heterocycles. The highest BCUT2D eigenvalue weighted by Crippen LogP contribution is 2.24. The van der Waals surface area contributed by atoms with Gasteiger partial charge in [0.05, 0.1) is 12.0 Å². The first-order valence-corrected chi connectivity index (χ1v) is 6.53. The zero-order valence-corrected chi connectivity index (χ0v) is 11.4. The third-order valence-corrected chi connectivity index (χ3v) is 3.33. The van der Waals surface area contributed by atoms with Crippen LogP contribution in [0.1, 0.15) is 11.5 Å². The van der Waals surface area contributed by atoms with Crippen molar-refractivity contribution in [2.24, 2.45) is 0 Å². The Hall–Kier alpha value is -2.27. The summed E-state index contributed by atoms with van der Waals surface area (Å²) in [7, 11) is 0. The molecule has 21 heavy (non-hydrogen) atoms. The van der Waals surface area contributed by atoms with Gasteiger partial charge in [0.2, 0.25) is 11.7 Å². The van der Waals surface area contributed by atoms with E-state index in [-0.39, 0.29) is 34.3 Å². The van der Waals surface area contributed by atoms with Crippen molar-refractivity contribution >= 4 is 11.6 Å². The summed E-state index contributed by atoms with van der Waals surface area (Å²) in [6.45, 7) is 0. The molecule has 0 radical (unpaired) electrons. The van der Waals surface area contributed by atoms with Crippen LogP contribution in [0.3, 0.4) is 0 Å². The Bertz CT molecular complexity index is 769. The van der Waals surface area contributed by atoms with Crippen LogP contribution < -0.4 is 0 Å². The predicted octanol–water partition coefficient (Wildman–Crippen LogP) is 4.26. The molecular formula is C15H9ClF2N2O. The molecule has 0 unspecified atom stereocenters. The Morgan fingerprint density at radius 3 is 2.52 bits per heavy atom. The molecule has 0 aliphatic carbocycles. The first-order valence-electron chi connectivity index (χ1n) is 6.15. The van der Waals surface area contributed by atoms with Crippen molar-refractivity contribution < 1.29 is 13.3 Å². The lowest BCUT2D eigenvalue weighted by atomic mass is 10.1. The van der Waals surface area contributed by atoms with Gasteiger partial charge in [-0.2, -0.15) is 4.98 Å². The summed E-state index contributed by atoms with van der Waals surface area (Å²) in [6.07, 6.45) is 0.0486. The van der Waals surface area contributed by atoms with E-state index in [9.17, 15) is 8.78 Å². The smallest absolute Gasteiger partial charge is 0.231 e. The molecule has 6 heteroatoms. The van der Waals surface area contributed by atoms with Gasteiger partial charge in [-0.3, -0.25) is 0 Å². The molecule has 0 saturated carbocycles. The van der Waals surface area contributed by atoms with Crippen molar-refractivity contribution in [3.63, 3.8) is 0 Å². The zero-order chi connectivity index (χ0) is 14.8. The van der Waals surface area contributed by atoms with Gasteiger partial charge in [-0.25, -0.2) is 8.78 Å². The van der Waals surface area contributed by atoms with Crippen molar-refractivity contribution in [2.45, 2.75) is 6.42 Å². The second kappa shape index (κ2) is 5.61. The molecule has 0 bridgehead atoms. The molecule has 1 aromatic heterocycles. The molecule has 0 aliphatic heterocycles. The molecule has 3 rings (SSSR count). The minimum atomic E-state index is -0.451. The van der Waals surface area contributed by atoms with E-state index in [1.165, 1.54) is 18.2 Å². The summed E-state index contributed by atoms with van der Waals surface area (Å²) in [5.41, 5.74) is 0.495. The molecule has 1 heterocycles. The van der Waals surface area contributed by atoms with E-state index in [1.807, 2.05) is 0 Å². The molecule has 0 aliphatic rings. The van der Waals surface area contributed by atoms with Crippen LogP contribution in [-0.4, -0.2) is 10.1 Å². The van der Waals surface area contributed by atoms with Crippen LogP contribution in [0, 0.1) is 11.6 Å². The largest absolute Gasteiger partial charge is 0.339 e. The number of hydrogen-bond acceptors (Lipinski definition) is 3. The number of halogens is 3. The molecule has 3 nitrogen and oxygen atoms in total. The van der Waals surface area contributed by atoms with Crippen LogP contribution >= 0.6 is 11.6 Å². The maximum absolute atomic E-state index is 13.7. The van der Waals surface area contributed by atoms with Crippen molar-refractivity contribution in [3.05, 3.63) is 70.6 Å². The Morgan fingerprint density at radius 1 is 1.00 bits per heavy atom. The standard InChI is InChI=1S/C15H9ClF2N2O/c16-11-5-3-7-13(18)10(11)8-14-19-15(20-21-14)9-4-1-2-6-12(9)17/h1-7H,8H2. The molecule has 3 aromatic rings. The third kappa shape index (κ3) is 2.78. The second-order valence-electron chi connectivity index (χ2n) is 4.37. The van der Waals surface area contributed by atoms with Gasteiger partial charge in [-0.15, -0.1) is 0 Å². The average Bonchev–Trinajstić information content (AvgIpc) is 2.92. The molecule has 106 valence electrons. The van der Waals surface area contributed by atoms with Crippen molar-refractivity contribution in [1.82, 2.24) is 10.1 Å². The van der Waals surface area contributed by atoms with Crippen LogP contribution in [0.25, 0.3) is 11.4 Å². The lowest BCUT2D eigenvalue weighted by molar-refractivity contribution is 0.384. The predicted molar refractivity (Wildman–Crippen MR) is 73.9 cm³/mol. The maximum atomic E-state index is 13.7.